The zero-order valence-corrected chi connectivity index (χ0v) is 10.9. The number of nitrogens with zero attached hydrogens (tertiary/aromatic N) is 1. The number of ether oxygens (including phenoxy) is 1. The molecule has 1 aromatic heterocycles. The fourth-order valence-electron chi connectivity index (χ4n) is 1.31. The van der Waals surface area contributed by atoms with Crippen LogP contribution in [-0.4, -0.2) is 38.8 Å². The molecule has 0 bridgehead atoms. The molecule has 7 nitrogen and oxygen atoms in total. The maximum atomic E-state index is 12.6. The van der Waals surface area contributed by atoms with Gasteiger partial charge in [0, 0.05) is 12.1 Å². The van der Waals surface area contributed by atoms with E-state index in [4.69, 9.17) is 9.84 Å². The molecule has 1 rings (SSSR count). The highest BCUT2D eigenvalue weighted by Crippen LogP contribution is 2.08. The van der Waals surface area contributed by atoms with Crippen molar-refractivity contribution in [1.82, 2.24) is 15.3 Å². The summed E-state index contributed by atoms with van der Waals surface area (Å²) in [5, 5.41) is 11.2. The Kier molecular flexibility index (Phi) is 4.47. The maximum Gasteiger partial charge on any atom is 0.408 e. The summed E-state index contributed by atoms with van der Waals surface area (Å²) in [4.78, 5) is 28.0. The van der Waals surface area contributed by atoms with Gasteiger partial charge in [0.05, 0.1) is 6.20 Å². The first-order chi connectivity index (χ1) is 8.67. The minimum absolute atomic E-state index is 0.120. The van der Waals surface area contributed by atoms with Gasteiger partial charge in [0.25, 0.3) is 6.08 Å². The van der Waals surface area contributed by atoms with E-state index in [1.807, 2.05) is 0 Å². The van der Waals surface area contributed by atoms with Crippen LogP contribution in [0.2, 0.25) is 0 Å². The van der Waals surface area contributed by atoms with E-state index in [-0.39, 0.29) is 12.1 Å². The number of H-pyrrole nitrogens is 1. The number of alkyl carbamates (subject to hydrolysis) is 1. The van der Waals surface area contributed by atoms with Gasteiger partial charge in [-0.1, -0.05) is 0 Å². The van der Waals surface area contributed by atoms with Crippen LogP contribution in [0.15, 0.2) is 6.20 Å². The van der Waals surface area contributed by atoms with Gasteiger partial charge in [-0.15, -0.1) is 0 Å². The number of aromatic amines is 1. The first-order valence-corrected chi connectivity index (χ1v) is 5.59. The third-order valence-corrected chi connectivity index (χ3v) is 2.01. The third kappa shape index (κ3) is 5.36. The Labute approximate surface area is 109 Å². The summed E-state index contributed by atoms with van der Waals surface area (Å²) in [6.07, 6.45) is -0.607. The molecule has 0 saturated carbocycles. The zero-order valence-electron chi connectivity index (χ0n) is 10.9. The number of rotatable bonds is 4. The van der Waals surface area contributed by atoms with E-state index in [0.717, 1.165) is 0 Å². The van der Waals surface area contributed by atoms with Crippen LogP contribution in [-0.2, 0) is 16.0 Å². The predicted octanol–water partition coefficient (Wildman–Crippen LogP) is 1.07. The van der Waals surface area contributed by atoms with Crippen LogP contribution in [0.1, 0.15) is 26.5 Å². The van der Waals surface area contributed by atoms with Crippen molar-refractivity contribution < 1.29 is 23.8 Å². The molecule has 1 heterocycles. The zero-order chi connectivity index (χ0) is 14.6. The summed E-state index contributed by atoms with van der Waals surface area (Å²) in [5.74, 6) is -1.25. The van der Waals surface area contributed by atoms with E-state index in [2.05, 4.69) is 15.3 Å². The lowest BCUT2D eigenvalue weighted by Gasteiger charge is -2.21. The molecule has 106 valence electrons. The molecule has 0 unspecified atom stereocenters. The smallest absolute Gasteiger partial charge is 0.408 e. The predicted molar refractivity (Wildman–Crippen MR) is 63.0 cm³/mol. The first-order valence-electron chi connectivity index (χ1n) is 5.59. The SMILES string of the molecule is CC(C)(C)OC(=O)N[C@@H](Cc1cnc(F)[nH]1)C(=O)O. The third-order valence-electron chi connectivity index (χ3n) is 2.01. The van der Waals surface area contributed by atoms with Gasteiger partial charge in [-0.3, -0.25) is 0 Å². The van der Waals surface area contributed by atoms with Crippen LogP contribution in [0.4, 0.5) is 9.18 Å². The van der Waals surface area contributed by atoms with Gasteiger partial charge in [0.15, 0.2) is 0 Å². The lowest BCUT2D eigenvalue weighted by Crippen LogP contribution is -2.44. The standard InChI is InChI=1S/C11H16FN3O4/c1-11(2,3)19-10(18)15-7(8(16)17)4-6-5-13-9(12)14-6/h5,7H,4H2,1-3H3,(H,13,14)(H,15,18)(H,16,17)/t7-/m0/s1. The fraction of sp³-hybridized carbons (Fsp3) is 0.545. The van der Waals surface area contributed by atoms with Crippen LogP contribution in [0.3, 0.4) is 0 Å². The lowest BCUT2D eigenvalue weighted by molar-refractivity contribution is -0.139. The molecule has 3 N–H and O–H groups in total. The highest BCUT2D eigenvalue weighted by molar-refractivity contribution is 5.80. The number of carboxylic acids is 1. The molecule has 0 aromatic carbocycles. The summed E-state index contributed by atoms with van der Waals surface area (Å²) in [7, 11) is 0. The molecule has 0 fully saturated rings. The largest absolute Gasteiger partial charge is 0.480 e. The van der Waals surface area contributed by atoms with Crippen molar-refractivity contribution in [3.05, 3.63) is 18.0 Å². The maximum absolute atomic E-state index is 12.6. The number of nitrogens with one attached hydrogen (secondary N) is 2. The Morgan fingerprint density at radius 1 is 1.58 bits per heavy atom. The van der Waals surface area contributed by atoms with Gasteiger partial charge in [-0.25, -0.2) is 14.6 Å². The molecule has 8 heteroatoms. The second-order valence-electron chi connectivity index (χ2n) is 4.94. The van der Waals surface area contributed by atoms with Gasteiger partial charge >= 0.3 is 12.1 Å². The summed E-state index contributed by atoms with van der Waals surface area (Å²) >= 11 is 0. The molecule has 0 saturated heterocycles. The van der Waals surface area contributed by atoms with Crippen LogP contribution in [0, 0.1) is 6.08 Å². The van der Waals surface area contributed by atoms with Gasteiger partial charge in [-0.2, -0.15) is 4.39 Å². The van der Waals surface area contributed by atoms with Crippen LogP contribution < -0.4 is 5.32 Å². The monoisotopic (exact) mass is 273 g/mol. The van der Waals surface area contributed by atoms with E-state index in [9.17, 15) is 14.0 Å². The topological polar surface area (TPSA) is 104 Å². The molecule has 0 aliphatic carbocycles. The van der Waals surface area contributed by atoms with E-state index in [0.29, 0.717) is 0 Å². The highest BCUT2D eigenvalue weighted by Gasteiger charge is 2.24. The molecule has 0 aliphatic heterocycles. The summed E-state index contributed by atoms with van der Waals surface area (Å²) < 4.78 is 17.6. The molecule has 0 radical (unpaired) electrons. The van der Waals surface area contributed by atoms with Gasteiger partial charge in [-0.05, 0) is 20.8 Å². The van der Waals surface area contributed by atoms with Gasteiger partial charge in [0.1, 0.15) is 11.6 Å². The number of carbonyl (C=O) groups excluding carboxylic acids is 1. The summed E-state index contributed by atoms with van der Waals surface area (Å²) in [6.45, 7) is 4.98. The van der Waals surface area contributed by atoms with Crippen molar-refractivity contribution in [3.8, 4) is 0 Å². The van der Waals surface area contributed by atoms with Crippen molar-refractivity contribution in [3.63, 3.8) is 0 Å². The molecule has 0 spiro atoms. The second kappa shape index (κ2) is 5.68. The van der Waals surface area contributed by atoms with Crippen molar-refractivity contribution in [1.29, 1.82) is 0 Å². The molecule has 1 amide bonds. The molecule has 19 heavy (non-hydrogen) atoms. The molecule has 1 aromatic rings. The summed E-state index contributed by atoms with van der Waals surface area (Å²) in [6, 6.07) is -1.23. The number of aromatic nitrogens is 2. The van der Waals surface area contributed by atoms with Crippen LogP contribution >= 0.6 is 0 Å². The lowest BCUT2D eigenvalue weighted by atomic mass is 10.1. The number of imidazole rings is 1. The Balaban J connectivity index is 2.63. The number of hydrogen-bond donors (Lipinski definition) is 3. The average molecular weight is 273 g/mol. The Morgan fingerprint density at radius 2 is 2.21 bits per heavy atom. The van der Waals surface area contributed by atoms with E-state index < -0.39 is 29.8 Å². The van der Waals surface area contributed by atoms with Crippen LogP contribution in [0.25, 0.3) is 0 Å². The van der Waals surface area contributed by atoms with Gasteiger partial charge < -0.3 is 20.1 Å². The number of aliphatic carboxylic acids is 1. The molecular formula is C11H16FN3O4. The van der Waals surface area contributed by atoms with Crippen molar-refractivity contribution >= 4 is 12.1 Å². The number of amides is 1. The minimum Gasteiger partial charge on any atom is -0.480 e. The quantitative estimate of drug-likeness (QED) is 0.761. The Hall–Kier alpha value is -2.12. The van der Waals surface area contributed by atoms with E-state index in [1.165, 1.54) is 6.20 Å². The normalized spacial score (nSPS) is 12.8. The number of carbonyl (C=O) groups is 2. The van der Waals surface area contributed by atoms with E-state index in [1.54, 1.807) is 20.8 Å². The first kappa shape index (κ1) is 14.9. The molecule has 0 aliphatic rings. The average Bonchev–Trinajstić information content (AvgIpc) is 2.60. The summed E-state index contributed by atoms with van der Waals surface area (Å²) in [5.41, 5.74) is -0.464. The van der Waals surface area contributed by atoms with Crippen molar-refractivity contribution in [2.75, 3.05) is 0 Å². The van der Waals surface area contributed by atoms with Crippen molar-refractivity contribution in [2.24, 2.45) is 0 Å². The molecule has 1 atom stereocenters. The van der Waals surface area contributed by atoms with E-state index >= 15 is 0 Å². The van der Waals surface area contributed by atoms with Gasteiger partial charge in [0.2, 0.25) is 0 Å². The number of carboxylic acid groups (broad SMARTS) is 1. The number of halogens is 1. The van der Waals surface area contributed by atoms with Crippen LogP contribution in [0.5, 0.6) is 0 Å². The fourth-order valence-corrected chi connectivity index (χ4v) is 1.31. The second-order valence-corrected chi connectivity index (χ2v) is 4.94. The molecular weight excluding hydrogens is 257 g/mol. The highest BCUT2D eigenvalue weighted by atomic mass is 19.1. The van der Waals surface area contributed by atoms with Crippen molar-refractivity contribution in [2.45, 2.75) is 38.8 Å². The Morgan fingerprint density at radius 3 is 2.63 bits per heavy atom. The Bertz CT molecular complexity index is 467. The minimum atomic E-state index is -1.25. The number of hydrogen-bond acceptors (Lipinski definition) is 4.